The number of nitrogens with two attached hydrogens (primary N) is 1. The highest BCUT2D eigenvalue weighted by Crippen LogP contribution is 2.31. The number of fused-ring (bicyclic) bond motifs is 1. The number of aryl methyl sites for hydroxylation is 1. The summed E-state index contributed by atoms with van der Waals surface area (Å²) in [5.74, 6) is -0.796. The van der Waals surface area contributed by atoms with E-state index in [4.69, 9.17) is 22.1 Å². The second-order valence-corrected chi connectivity index (χ2v) is 5.51. The lowest BCUT2D eigenvalue weighted by Crippen LogP contribution is -2.34. The molecule has 0 amide bonds. The topological polar surface area (TPSA) is 81.0 Å². The Balaban J connectivity index is 2.85. The monoisotopic (exact) mass is 325 g/mol. The molecule has 0 bridgehead atoms. The lowest BCUT2D eigenvalue weighted by molar-refractivity contribution is 0.191. The van der Waals surface area contributed by atoms with Crippen LogP contribution in [0.2, 0.25) is 5.15 Å². The first-order chi connectivity index (χ1) is 10.3. The molecule has 2 aromatic heterocycles. The molecule has 0 radical (unpaired) electrons. The van der Waals surface area contributed by atoms with Gasteiger partial charge in [-0.05, 0) is 32.4 Å². The van der Waals surface area contributed by atoms with E-state index in [0.29, 0.717) is 11.3 Å². The third-order valence-electron chi connectivity index (χ3n) is 3.56. The first-order valence-corrected chi connectivity index (χ1v) is 7.12. The molecule has 3 N–H and O–H groups in total. The van der Waals surface area contributed by atoms with Gasteiger partial charge in [-0.25, -0.2) is 4.39 Å². The highest BCUT2D eigenvalue weighted by atomic mass is 35.5. The predicted octanol–water partition coefficient (Wildman–Crippen LogP) is 2.78. The standard InChI is InChI=1S/C15H17ClFN3O2/c1-5-9-6(2)10-11(14(21)19-9)15(20-13(16)12(10)17)22-8(4)7(3)18/h5,7-8H,1,18H2,2-4H3,(H,19,21). The van der Waals surface area contributed by atoms with Gasteiger partial charge in [0.05, 0.1) is 0 Å². The van der Waals surface area contributed by atoms with Crippen molar-refractivity contribution in [3.8, 4) is 5.88 Å². The van der Waals surface area contributed by atoms with Gasteiger partial charge in [0.1, 0.15) is 11.5 Å². The molecule has 118 valence electrons. The predicted molar refractivity (Wildman–Crippen MR) is 85.9 cm³/mol. The van der Waals surface area contributed by atoms with E-state index in [1.807, 2.05) is 0 Å². The van der Waals surface area contributed by atoms with Gasteiger partial charge in [0.25, 0.3) is 5.56 Å². The molecular formula is C15H17ClFN3O2. The van der Waals surface area contributed by atoms with Crippen LogP contribution in [0.3, 0.4) is 0 Å². The van der Waals surface area contributed by atoms with E-state index >= 15 is 0 Å². The van der Waals surface area contributed by atoms with Crippen LogP contribution >= 0.6 is 11.6 Å². The van der Waals surface area contributed by atoms with Crippen molar-refractivity contribution in [3.05, 3.63) is 39.2 Å². The molecule has 2 unspecified atom stereocenters. The third-order valence-corrected chi connectivity index (χ3v) is 3.81. The van der Waals surface area contributed by atoms with Crippen molar-refractivity contribution in [3.63, 3.8) is 0 Å². The van der Waals surface area contributed by atoms with Crippen LogP contribution in [0.5, 0.6) is 5.88 Å². The Morgan fingerprint density at radius 2 is 2.09 bits per heavy atom. The van der Waals surface area contributed by atoms with E-state index in [1.165, 1.54) is 6.08 Å². The SMILES string of the molecule is C=Cc1[nH]c(=O)c2c(OC(C)C(C)N)nc(Cl)c(F)c2c1C. The molecule has 2 aromatic rings. The highest BCUT2D eigenvalue weighted by Gasteiger charge is 2.22. The molecule has 0 saturated carbocycles. The van der Waals surface area contributed by atoms with E-state index in [9.17, 15) is 9.18 Å². The summed E-state index contributed by atoms with van der Waals surface area (Å²) in [5, 5.41) is -0.272. The normalized spacial score (nSPS) is 13.9. The molecular weight excluding hydrogens is 309 g/mol. The van der Waals surface area contributed by atoms with Crippen LogP contribution in [0.4, 0.5) is 4.39 Å². The van der Waals surface area contributed by atoms with E-state index in [0.717, 1.165) is 0 Å². The number of aromatic amines is 1. The Bertz CT molecular complexity index is 802. The van der Waals surface area contributed by atoms with Gasteiger partial charge in [-0.3, -0.25) is 4.79 Å². The maximum Gasteiger partial charge on any atom is 0.261 e. The van der Waals surface area contributed by atoms with Crippen LogP contribution in [0.15, 0.2) is 11.4 Å². The van der Waals surface area contributed by atoms with Crippen molar-refractivity contribution in [2.45, 2.75) is 32.9 Å². The van der Waals surface area contributed by atoms with E-state index in [-0.39, 0.29) is 27.8 Å². The average molecular weight is 326 g/mol. The number of pyridine rings is 2. The van der Waals surface area contributed by atoms with Gasteiger partial charge in [-0.1, -0.05) is 18.2 Å². The summed E-state index contributed by atoms with van der Waals surface area (Å²) >= 11 is 5.84. The molecule has 5 nitrogen and oxygen atoms in total. The van der Waals surface area contributed by atoms with Crippen LogP contribution in [0.25, 0.3) is 16.8 Å². The summed E-state index contributed by atoms with van der Waals surface area (Å²) < 4.78 is 20.0. The molecule has 0 spiro atoms. The smallest absolute Gasteiger partial charge is 0.261 e. The van der Waals surface area contributed by atoms with Crippen molar-refractivity contribution in [1.29, 1.82) is 0 Å². The molecule has 7 heteroatoms. The van der Waals surface area contributed by atoms with Crippen LogP contribution in [-0.2, 0) is 0 Å². The second-order valence-electron chi connectivity index (χ2n) is 5.15. The highest BCUT2D eigenvalue weighted by molar-refractivity contribution is 6.30. The van der Waals surface area contributed by atoms with Crippen molar-refractivity contribution in [1.82, 2.24) is 9.97 Å². The lowest BCUT2D eigenvalue weighted by atomic mass is 10.1. The summed E-state index contributed by atoms with van der Waals surface area (Å²) in [4.78, 5) is 18.8. The molecule has 22 heavy (non-hydrogen) atoms. The van der Waals surface area contributed by atoms with Crippen molar-refractivity contribution < 1.29 is 9.13 Å². The van der Waals surface area contributed by atoms with Crippen molar-refractivity contribution in [2.24, 2.45) is 5.73 Å². The van der Waals surface area contributed by atoms with Gasteiger partial charge in [0, 0.05) is 17.1 Å². The van der Waals surface area contributed by atoms with Crippen molar-refractivity contribution in [2.75, 3.05) is 0 Å². The largest absolute Gasteiger partial charge is 0.472 e. The molecule has 2 atom stereocenters. The third kappa shape index (κ3) is 2.71. The Kier molecular flexibility index (Phi) is 4.53. The molecule has 2 heterocycles. The first kappa shape index (κ1) is 16.5. The van der Waals surface area contributed by atoms with Crippen LogP contribution in [0, 0.1) is 12.7 Å². The summed E-state index contributed by atoms with van der Waals surface area (Å²) in [6, 6.07) is -0.298. The van der Waals surface area contributed by atoms with Gasteiger partial charge in [0.15, 0.2) is 11.0 Å². The zero-order valence-electron chi connectivity index (χ0n) is 12.5. The molecule has 0 aliphatic heterocycles. The Hall–Kier alpha value is -1.92. The first-order valence-electron chi connectivity index (χ1n) is 6.74. The number of halogens is 2. The second kappa shape index (κ2) is 6.06. The van der Waals surface area contributed by atoms with Crippen LogP contribution < -0.4 is 16.0 Å². The minimum atomic E-state index is -0.760. The van der Waals surface area contributed by atoms with Gasteiger partial charge >= 0.3 is 0 Å². The van der Waals surface area contributed by atoms with E-state index in [2.05, 4.69) is 16.5 Å². The number of ether oxygens (including phenoxy) is 1. The molecule has 0 aromatic carbocycles. The van der Waals surface area contributed by atoms with Crippen LogP contribution in [-0.4, -0.2) is 22.1 Å². The number of aromatic nitrogens is 2. The Labute approximate surface area is 132 Å². The Morgan fingerprint density at radius 1 is 1.45 bits per heavy atom. The maximum atomic E-state index is 14.4. The number of hydrogen-bond donors (Lipinski definition) is 2. The molecule has 0 fully saturated rings. The molecule has 0 aliphatic carbocycles. The number of nitrogens with one attached hydrogen (secondary N) is 1. The maximum absolute atomic E-state index is 14.4. The summed E-state index contributed by atoms with van der Waals surface area (Å²) in [5.41, 5.74) is 6.15. The molecule has 2 rings (SSSR count). The van der Waals surface area contributed by atoms with Crippen LogP contribution in [0.1, 0.15) is 25.1 Å². The van der Waals surface area contributed by atoms with E-state index < -0.39 is 17.5 Å². The zero-order valence-corrected chi connectivity index (χ0v) is 13.3. The van der Waals surface area contributed by atoms with E-state index in [1.54, 1.807) is 20.8 Å². The van der Waals surface area contributed by atoms with Gasteiger partial charge in [-0.15, -0.1) is 0 Å². The fourth-order valence-corrected chi connectivity index (χ4v) is 2.23. The number of H-pyrrole nitrogens is 1. The fraction of sp³-hybridized carbons (Fsp3) is 0.333. The summed E-state index contributed by atoms with van der Waals surface area (Å²) in [6.45, 7) is 8.74. The number of hydrogen-bond acceptors (Lipinski definition) is 4. The number of nitrogens with zero attached hydrogens (tertiary/aromatic N) is 1. The summed E-state index contributed by atoms with van der Waals surface area (Å²) in [7, 11) is 0. The minimum absolute atomic E-state index is 0.0116. The Morgan fingerprint density at radius 3 is 2.64 bits per heavy atom. The molecule has 0 saturated heterocycles. The van der Waals surface area contributed by atoms with Crippen molar-refractivity contribution >= 4 is 28.4 Å². The average Bonchev–Trinajstić information content (AvgIpc) is 2.46. The number of rotatable bonds is 4. The minimum Gasteiger partial charge on any atom is -0.472 e. The fourth-order valence-electron chi connectivity index (χ4n) is 2.06. The summed E-state index contributed by atoms with van der Waals surface area (Å²) in [6.07, 6.45) is 1.02. The van der Waals surface area contributed by atoms with Gasteiger partial charge in [0.2, 0.25) is 5.88 Å². The lowest BCUT2D eigenvalue weighted by Gasteiger charge is -2.19. The van der Waals surface area contributed by atoms with Gasteiger partial charge in [-0.2, -0.15) is 4.98 Å². The zero-order chi connectivity index (χ0) is 16.6. The molecule has 0 aliphatic rings. The van der Waals surface area contributed by atoms with Gasteiger partial charge < -0.3 is 15.5 Å². The quantitative estimate of drug-likeness (QED) is 0.847.